The normalized spacial score (nSPS) is 23.7. The van der Waals surface area contributed by atoms with E-state index >= 15 is 0 Å². The maximum atomic E-state index is 4.49. The van der Waals surface area contributed by atoms with E-state index in [2.05, 4.69) is 38.9 Å². The van der Waals surface area contributed by atoms with Gasteiger partial charge in [-0.15, -0.1) is 0 Å². The van der Waals surface area contributed by atoms with Crippen molar-refractivity contribution in [2.24, 2.45) is 4.99 Å². The molecule has 2 heterocycles. The molecule has 0 amide bonds. The highest BCUT2D eigenvalue weighted by atomic mass is 15.3. The number of likely N-dealkylation sites (tertiary alicyclic amines) is 2. The monoisotopic (exact) mass is 309 g/mol. The van der Waals surface area contributed by atoms with Crippen LogP contribution in [-0.2, 0) is 0 Å². The summed E-state index contributed by atoms with van der Waals surface area (Å²) in [5.41, 5.74) is 0. The van der Waals surface area contributed by atoms with Crippen LogP contribution in [0.2, 0.25) is 0 Å². The van der Waals surface area contributed by atoms with E-state index in [-0.39, 0.29) is 0 Å². The highest BCUT2D eigenvalue weighted by Crippen LogP contribution is 2.20. The molecule has 2 rings (SSSR count). The van der Waals surface area contributed by atoms with Gasteiger partial charge in [0.15, 0.2) is 5.96 Å². The first-order chi connectivity index (χ1) is 10.8. The lowest BCUT2D eigenvalue weighted by molar-refractivity contribution is 0.249. The Kier molecular flexibility index (Phi) is 7.46. The lowest BCUT2D eigenvalue weighted by atomic mass is 10.2. The van der Waals surface area contributed by atoms with Crippen molar-refractivity contribution in [1.82, 2.24) is 20.0 Å². The van der Waals surface area contributed by atoms with Gasteiger partial charge in [0, 0.05) is 39.3 Å². The van der Waals surface area contributed by atoms with E-state index in [1.165, 1.54) is 45.3 Å². The molecule has 5 heteroatoms. The first kappa shape index (κ1) is 17.5. The molecule has 0 bridgehead atoms. The Bertz CT molecular complexity index is 338. The van der Waals surface area contributed by atoms with E-state index < -0.39 is 0 Å². The zero-order valence-electron chi connectivity index (χ0n) is 14.9. The smallest absolute Gasteiger partial charge is 0.193 e. The number of rotatable bonds is 7. The molecular formula is C17H35N5. The summed E-state index contributed by atoms with van der Waals surface area (Å²) in [6, 6.07) is 0.744. The summed E-state index contributed by atoms with van der Waals surface area (Å²) in [4.78, 5) is 12.1. The Balaban J connectivity index is 1.73. The van der Waals surface area contributed by atoms with Gasteiger partial charge < -0.3 is 15.1 Å². The van der Waals surface area contributed by atoms with Gasteiger partial charge in [-0.2, -0.15) is 0 Å². The quantitative estimate of drug-likeness (QED) is 0.570. The molecule has 1 atom stereocenters. The first-order valence-corrected chi connectivity index (χ1v) is 9.20. The fourth-order valence-corrected chi connectivity index (χ4v) is 3.74. The van der Waals surface area contributed by atoms with Crippen LogP contribution in [0.25, 0.3) is 0 Å². The molecule has 128 valence electrons. The Morgan fingerprint density at radius 1 is 1.18 bits per heavy atom. The third-order valence-electron chi connectivity index (χ3n) is 5.03. The number of guanidine groups is 1. The van der Waals surface area contributed by atoms with Crippen LogP contribution in [0.3, 0.4) is 0 Å². The Morgan fingerprint density at radius 2 is 1.95 bits per heavy atom. The van der Waals surface area contributed by atoms with Crippen LogP contribution >= 0.6 is 0 Å². The van der Waals surface area contributed by atoms with Crippen LogP contribution in [0.15, 0.2) is 4.99 Å². The lowest BCUT2D eigenvalue weighted by Gasteiger charge is -2.26. The van der Waals surface area contributed by atoms with Crippen LogP contribution in [0, 0.1) is 0 Å². The van der Waals surface area contributed by atoms with E-state index in [1.807, 2.05) is 7.05 Å². The summed E-state index contributed by atoms with van der Waals surface area (Å²) in [5, 5.41) is 3.56. The van der Waals surface area contributed by atoms with Gasteiger partial charge in [-0.3, -0.25) is 9.89 Å². The molecule has 1 N–H and O–H groups in total. The van der Waals surface area contributed by atoms with Crippen molar-refractivity contribution in [3.05, 3.63) is 0 Å². The predicted octanol–water partition coefficient (Wildman–Crippen LogP) is 1.46. The van der Waals surface area contributed by atoms with Crippen molar-refractivity contribution in [3.8, 4) is 0 Å². The van der Waals surface area contributed by atoms with E-state index in [9.17, 15) is 0 Å². The maximum Gasteiger partial charge on any atom is 0.193 e. The zero-order chi connectivity index (χ0) is 15.8. The molecule has 2 fully saturated rings. The van der Waals surface area contributed by atoms with Crippen molar-refractivity contribution in [1.29, 1.82) is 0 Å². The summed E-state index contributed by atoms with van der Waals surface area (Å²) < 4.78 is 0. The number of nitrogens with one attached hydrogen (secondary N) is 1. The van der Waals surface area contributed by atoms with Gasteiger partial charge in [-0.25, -0.2) is 0 Å². The third-order valence-corrected chi connectivity index (χ3v) is 5.03. The van der Waals surface area contributed by atoms with Crippen molar-refractivity contribution < 1.29 is 0 Å². The van der Waals surface area contributed by atoms with Gasteiger partial charge in [0.1, 0.15) is 0 Å². The van der Waals surface area contributed by atoms with Crippen LogP contribution < -0.4 is 5.32 Å². The first-order valence-electron chi connectivity index (χ1n) is 9.20. The van der Waals surface area contributed by atoms with E-state index in [0.717, 1.165) is 44.7 Å². The molecule has 1 unspecified atom stereocenters. The SMILES string of the molecule is CCCN(CC)CCNC(=NC)N1CCC(N2CCCC2)C1. The predicted molar refractivity (Wildman–Crippen MR) is 94.6 cm³/mol. The van der Waals surface area contributed by atoms with Gasteiger partial charge in [-0.1, -0.05) is 13.8 Å². The molecule has 0 spiro atoms. The lowest BCUT2D eigenvalue weighted by Crippen LogP contribution is -2.45. The summed E-state index contributed by atoms with van der Waals surface area (Å²) >= 11 is 0. The molecular weight excluding hydrogens is 274 g/mol. The average molecular weight is 310 g/mol. The minimum absolute atomic E-state index is 0.744. The molecule has 0 radical (unpaired) electrons. The standard InChI is InChI=1S/C17H35N5/c1-4-10-20(5-2)14-9-19-17(18-3)22-13-8-16(15-22)21-11-6-7-12-21/h16H,4-15H2,1-3H3,(H,18,19). The van der Waals surface area contributed by atoms with Crippen LogP contribution in [0.5, 0.6) is 0 Å². The molecule has 0 saturated carbocycles. The fraction of sp³-hybridized carbons (Fsp3) is 0.941. The van der Waals surface area contributed by atoms with Crippen molar-refractivity contribution in [2.75, 3.05) is 59.4 Å². The largest absolute Gasteiger partial charge is 0.355 e. The molecule has 0 aromatic rings. The second-order valence-corrected chi connectivity index (χ2v) is 6.54. The summed E-state index contributed by atoms with van der Waals surface area (Å²) in [5.74, 6) is 1.09. The molecule has 5 nitrogen and oxygen atoms in total. The molecule has 2 aliphatic heterocycles. The summed E-state index contributed by atoms with van der Waals surface area (Å²) in [7, 11) is 1.91. The second kappa shape index (κ2) is 9.36. The van der Waals surface area contributed by atoms with Crippen molar-refractivity contribution in [2.45, 2.75) is 45.6 Å². The Labute approximate surface area is 136 Å². The molecule has 0 aromatic heterocycles. The van der Waals surface area contributed by atoms with E-state index in [1.54, 1.807) is 0 Å². The average Bonchev–Trinajstić information content (AvgIpc) is 3.20. The minimum atomic E-state index is 0.744. The van der Waals surface area contributed by atoms with Gasteiger partial charge in [0.2, 0.25) is 0 Å². The van der Waals surface area contributed by atoms with Gasteiger partial charge in [0.05, 0.1) is 0 Å². The van der Waals surface area contributed by atoms with Gasteiger partial charge in [-0.05, 0) is 51.9 Å². The van der Waals surface area contributed by atoms with Crippen LogP contribution in [-0.4, -0.2) is 86.1 Å². The molecule has 22 heavy (non-hydrogen) atoms. The van der Waals surface area contributed by atoms with Gasteiger partial charge >= 0.3 is 0 Å². The highest BCUT2D eigenvalue weighted by Gasteiger charge is 2.30. The topological polar surface area (TPSA) is 34.1 Å². The van der Waals surface area contributed by atoms with Crippen molar-refractivity contribution in [3.63, 3.8) is 0 Å². The Morgan fingerprint density at radius 3 is 2.59 bits per heavy atom. The second-order valence-electron chi connectivity index (χ2n) is 6.54. The number of hydrogen-bond acceptors (Lipinski definition) is 3. The number of hydrogen-bond donors (Lipinski definition) is 1. The molecule has 0 aromatic carbocycles. The highest BCUT2D eigenvalue weighted by molar-refractivity contribution is 5.80. The maximum absolute atomic E-state index is 4.49. The zero-order valence-corrected chi connectivity index (χ0v) is 14.9. The number of aliphatic imine (C=N–C) groups is 1. The van der Waals surface area contributed by atoms with Gasteiger partial charge in [0.25, 0.3) is 0 Å². The van der Waals surface area contributed by atoms with E-state index in [0.29, 0.717) is 0 Å². The molecule has 2 saturated heterocycles. The summed E-state index contributed by atoms with van der Waals surface area (Å²) in [6.45, 7) is 13.8. The third kappa shape index (κ3) is 4.85. The molecule has 2 aliphatic rings. The molecule has 0 aliphatic carbocycles. The van der Waals surface area contributed by atoms with E-state index in [4.69, 9.17) is 0 Å². The fourth-order valence-electron chi connectivity index (χ4n) is 3.74. The number of nitrogens with zero attached hydrogens (tertiary/aromatic N) is 4. The minimum Gasteiger partial charge on any atom is -0.355 e. The van der Waals surface area contributed by atoms with Crippen LogP contribution in [0.1, 0.15) is 39.5 Å². The Hall–Kier alpha value is -0.810. The van der Waals surface area contributed by atoms with Crippen LogP contribution in [0.4, 0.5) is 0 Å². The number of likely N-dealkylation sites (N-methyl/N-ethyl adjacent to an activating group) is 1. The summed E-state index contributed by atoms with van der Waals surface area (Å²) in [6.07, 6.45) is 5.28. The van der Waals surface area contributed by atoms with Crippen molar-refractivity contribution >= 4 is 5.96 Å².